The standard InChI is InChI=1S/C12H19N3O2S.ClH/c1-13-9-4-3-5-15(6-9)12(16)10-8-18-11(14-10)7-17-2;/h8-9,13H,3-7H2,1-2H3;1H. The molecule has 108 valence electrons. The molecule has 2 rings (SSSR count). The molecule has 7 heteroatoms. The molecule has 1 atom stereocenters. The quantitative estimate of drug-likeness (QED) is 0.917. The Labute approximate surface area is 123 Å². The second-order valence-electron chi connectivity index (χ2n) is 4.44. The van der Waals surface area contributed by atoms with Crippen LogP contribution in [0.25, 0.3) is 0 Å². The van der Waals surface area contributed by atoms with Crippen LogP contribution in [-0.4, -0.2) is 49.1 Å². The van der Waals surface area contributed by atoms with Gasteiger partial charge >= 0.3 is 0 Å². The van der Waals surface area contributed by atoms with E-state index in [1.807, 2.05) is 17.3 Å². The number of aromatic nitrogens is 1. The van der Waals surface area contributed by atoms with Crippen LogP contribution in [0.15, 0.2) is 5.38 Å². The molecule has 1 aliphatic heterocycles. The number of rotatable bonds is 4. The van der Waals surface area contributed by atoms with E-state index in [0.717, 1.165) is 30.9 Å². The summed E-state index contributed by atoms with van der Waals surface area (Å²) in [5.74, 6) is 0.0357. The average molecular weight is 306 g/mol. The summed E-state index contributed by atoms with van der Waals surface area (Å²) >= 11 is 1.47. The van der Waals surface area contributed by atoms with Gasteiger partial charge in [0, 0.05) is 31.6 Å². The highest BCUT2D eigenvalue weighted by Gasteiger charge is 2.24. The number of amides is 1. The summed E-state index contributed by atoms with van der Waals surface area (Å²) in [6, 6.07) is 0.403. The van der Waals surface area contributed by atoms with E-state index in [-0.39, 0.29) is 18.3 Å². The summed E-state index contributed by atoms with van der Waals surface area (Å²) in [5, 5.41) is 5.90. The van der Waals surface area contributed by atoms with Gasteiger partial charge in [-0.2, -0.15) is 0 Å². The molecule has 1 aliphatic rings. The molecule has 2 heterocycles. The number of hydrogen-bond acceptors (Lipinski definition) is 5. The van der Waals surface area contributed by atoms with E-state index in [1.165, 1.54) is 11.3 Å². The first-order valence-electron chi connectivity index (χ1n) is 6.14. The summed E-state index contributed by atoms with van der Waals surface area (Å²) in [6.07, 6.45) is 2.18. The fourth-order valence-electron chi connectivity index (χ4n) is 2.16. The van der Waals surface area contributed by atoms with Crippen molar-refractivity contribution >= 4 is 29.7 Å². The SMILES string of the molecule is CNC1CCCN(C(=O)c2csc(COC)n2)C1.Cl. The Bertz CT molecular complexity index is 413. The van der Waals surface area contributed by atoms with Crippen LogP contribution >= 0.6 is 23.7 Å². The number of nitrogens with zero attached hydrogens (tertiary/aromatic N) is 2. The van der Waals surface area contributed by atoms with Crippen molar-refractivity contribution < 1.29 is 9.53 Å². The van der Waals surface area contributed by atoms with Crippen LogP contribution in [0, 0.1) is 0 Å². The van der Waals surface area contributed by atoms with Crippen LogP contribution in [0.2, 0.25) is 0 Å². The van der Waals surface area contributed by atoms with E-state index in [4.69, 9.17) is 4.74 Å². The maximum absolute atomic E-state index is 12.3. The molecule has 1 aromatic rings. The first kappa shape index (κ1) is 16.4. The number of likely N-dealkylation sites (N-methyl/N-ethyl adjacent to an activating group) is 1. The van der Waals surface area contributed by atoms with E-state index in [1.54, 1.807) is 7.11 Å². The molecule has 1 fully saturated rings. The van der Waals surface area contributed by atoms with Crippen LogP contribution in [0.5, 0.6) is 0 Å². The zero-order valence-electron chi connectivity index (χ0n) is 11.2. The molecule has 1 unspecified atom stereocenters. The van der Waals surface area contributed by atoms with Gasteiger partial charge in [0.25, 0.3) is 5.91 Å². The zero-order chi connectivity index (χ0) is 13.0. The number of piperidine rings is 1. The fraction of sp³-hybridized carbons (Fsp3) is 0.667. The Morgan fingerprint density at radius 2 is 2.47 bits per heavy atom. The molecule has 0 saturated carbocycles. The molecule has 0 spiro atoms. The third-order valence-corrected chi connectivity index (χ3v) is 3.98. The van der Waals surface area contributed by atoms with Gasteiger partial charge in [0.2, 0.25) is 0 Å². The van der Waals surface area contributed by atoms with E-state index in [9.17, 15) is 4.79 Å². The van der Waals surface area contributed by atoms with Crippen LogP contribution in [0.4, 0.5) is 0 Å². The van der Waals surface area contributed by atoms with Crippen LogP contribution in [-0.2, 0) is 11.3 Å². The van der Waals surface area contributed by atoms with Crippen LogP contribution in [0.1, 0.15) is 28.3 Å². The lowest BCUT2D eigenvalue weighted by Crippen LogP contribution is -2.47. The molecule has 19 heavy (non-hydrogen) atoms. The van der Waals surface area contributed by atoms with Gasteiger partial charge in [-0.1, -0.05) is 0 Å². The van der Waals surface area contributed by atoms with Gasteiger partial charge in [-0.3, -0.25) is 4.79 Å². The molecule has 1 aromatic heterocycles. The summed E-state index contributed by atoms with van der Waals surface area (Å²) in [4.78, 5) is 18.5. The predicted molar refractivity (Wildman–Crippen MR) is 78.1 cm³/mol. The Morgan fingerprint density at radius 1 is 1.68 bits per heavy atom. The highest BCUT2D eigenvalue weighted by molar-refractivity contribution is 7.09. The minimum absolute atomic E-state index is 0. The summed E-state index contributed by atoms with van der Waals surface area (Å²) in [5.41, 5.74) is 0.545. The third-order valence-electron chi connectivity index (χ3n) is 3.16. The van der Waals surface area contributed by atoms with Crippen molar-refractivity contribution in [3.63, 3.8) is 0 Å². The summed E-state index contributed by atoms with van der Waals surface area (Å²) in [6.45, 7) is 2.07. The number of likely N-dealkylation sites (tertiary alicyclic amines) is 1. The van der Waals surface area contributed by atoms with Crippen molar-refractivity contribution in [1.82, 2.24) is 15.2 Å². The smallest absolute Gasteiger partial charge is 0.273 e. The van der Waals surface area contributed by atoms with Crippen molar-refractivity contribution in [1.29, 1.82) is 0 Å². The van der Waals surface area contributed by atoms with Crippen molar-refractivity contribution in [2.75, 3.05) is 27.2 Å². The monoisotopic (exact) mass is 305 g/mol. The zero-order valence-corrected chi connectivity index (χ0v) is 12.9. The number of nitrogens with one attached hydrogen (secondary N) is 1. The number of carbonyl (C=O) groups excluding carboxylic acids is 1. The van der Waals surface area contributed by atoms with Crippen molar-refractivity contribution in [2.24, 2.45) is 0 Å². The Kier molecular flexibility index (Phi) is 6.71. The number of thiazole rings is 1. The molecule has 0 bridgehead atoms. The van der Waals surface area contributed by atoms with Crippen molar-refractivity contribution in [3.8, 4) is 0 Å². The maximum Gasteiger partial charge on any atom is 0.273 e. The van der Waals surface area contributed by atoms with E-state index in [2.05, 4.69) is 10.3 Å². The molecule has 0 aromatic carbocycles. The van der Waals surface area contributed by atoms with E-state index >= 15 is 0 Å². The van der Waals surface area contributed by atoms with E-state index in [0.29, 0.717) is 18.3 Å². The largest absolute Gasteiger partial charge is 0.378 e. The molecule has 5 nitrogen and oxygen atoms in total. The maximum atomic E-state index is 12.3. The van der Waals surface area contributed by atoms with Crippen LogP contribution < -0.4 is 5.32 Å². The van der Waals surface area contributed by atoms with Crippen molar-refractivity contribution in [3.05, 3.63) is 16.1 Å². The summed E-state index contributed by atoms with van der Waals surface area (Å²) in [7, 11) is 3.57. The average Bonchev–Trinajstić information content (AvgIpc) is 2.87. The molecule has 1 amide bonds. The lowest BCUT2D eigenvalue weighted by Gasteiger charge is -2.32. The Balaban J connectivity index is 0.00000180. The minimum atomic E-state index is 0. The molecule has 1 N–H and O–H groups in total. The molecular weight excluding hydrogens is 286 g/mol. The lowest BCUT2D eigenvalue weighted by atomic mass is 10.1. The lowest BCUT2D eigenvalue weighted by molar-refractivity contribution is 0.0692. The normalized spacial score (nSPS) is 19.1. The molecular formula is C12H20ClN3O2S. The number of methoxy groups -OCH3 is 1. The van der Waals surface area contributed by atoms with E-state index < -0.39 is 0 Å². The predicted octanol–water partition coefficient (Wildman–Crippen LogP) is 1.54. The Morgan fingerprint density at radius 3 is 3.16 bits per heavy atom. The molecule has 0 radical (unpaired) electrons. The molecule has 1 saturated heterocycles. The first-order chi connectivity index (χ1) is 8.74. The highest BCUT2D eigenvalue weighted by atomic mass is 35.5. The topological polar surface area (TPSA) is 54.5 Å². The second kappa shape index (κ2) is 7.79. The number of halogens is 1. The van der Waals surface area contributed by atoms with Gasteiger partial charge in [-0.05, 0) is 19.9 Å². The number of hydrogen-bond donors (Lipinski definition) is 1. The first-order valence-corrected chi connectivity index (χ1v) is 7.02. The van der Waals surface area contributed by atoms with Crippen molar-refractivity contribution in [2.45, 2.75) is 25.5 Å². The summed E-state index contributed by atoms with van der Waals surface area (Å²) < 4.78 is 5.01. The van der Waals surface area contributed by atoms with Gasteiger partial charge in [0.05, 0.1) is 6.61 Å². The highest BCUT2D eigenvalue weighted by Crippen LogP contribution is 2.16. The minimum Gasteiger partial charge on any atom is -0.378 e. The third kappa shape index (κ3) is 4.14. The number of ether oxygens (including phenoxy) is 1. The van der Waals surface area contributed by atoms with Gasteiger partial charge in [-0.15, -0.1) is 23.7 Å². The van der Waals surface area contributed by atoms with Gasteiger partial charge in [-0.25, -0.2) is 4.98 Å². The molecule has 0 aliphatic carbocycles. The Hall–Kier alpha value is -0.690. The second-order valence-corrected chi connectivity index (χ2v) is 5.38. The van der Waals surface area contributed by atoms with Gasteiger partial charge in [0.15, 0.2) is 0 Å². The van der Waals surface area contributed by atoms with Crippen LogP contribution in [0.3, 0.4) is 0 Å². The fourth-order valence-corrected chi connectivity index (χ4v) is 2.90. The number of carbonyl (C=O) groups is 1. The van der Waals surface area contributed by atoms with Gasteiger partial charge < -0.3 is 15.0 Å². The van der Waals surface area contributed by atoms with Gasteiger partial charge in [0.1, 0.15) is 10.7 Å².